The predicted octanol–water partition coefficient (Wildman–Crippen LogP) is 2.21. The van der Waals surface area contributed by atoms with Gasteiger partial charge < -0.3 is 4.90 Å². The second-order valence-electron chi connectivity index (χ2n) is 4.89. The van der Waals surface area contributed by atoms with E-state index in [-0.39, 0.29) is 5.78 Å². The number of aromatic nitrogens is 3. The maximum atomic E-state index is 10.9. The van der Waals surface area contributed by atoms with E-state index >= 15 is 0 Å². The molecule has 1 N–H and O–H groups in total. The maximum Gasteiger partial charge on any atom is 0.209 e. The normalized spacial score (nSPS) is 11.0. The molecular formula is C14H18N4OS. The van der Waals surface area contributed by atoms with E-state index in [1.54, 1.807) is 6.92 Å². The Morgan fingerprint density at radius 3 is 2.60 bits per heavy atom. The van der Waals surface area contributed by atoms with Gasteiger partial charge in [0, 0.05) is 12.1 Å². The summed E-state index contributed by atoms with van der Waals surface area (Å²) in [7, 11) is 4.09. The Morgan fingerprint density at radius 1 is 1.30 bits per heavy atom. The first-order valence-electron chi connectivity index (χ1n) is 6.33. The minimum atomic E-state index is 0.120. The van der Waals surface area contributed by atoms with Crippen LogP contribution in [0.4, 0.5) is 0 Å². The molecule has 0 saturated heterocycles. The number of nitrogens with zero attached hydrogens (tertiary/aromatic N) is 3. The minimum Gasteiger partial charge on any atom is -0.305 e. The molecule has 0 atom stereocenters. The van der Waals surface area contributed by atoms with Crippen molar-refractivity contribution in [1.82, 2.24) is 20.1 Å². The third kappa shape index (κ3) is 4.18. The summed E-state index contributed by atoms with van der Waals surface area (Å²) in [5, 5.41) is 7.61. The molecule has 2 aromatic rings. The lowest BCUT2D eigenvalue weighted by Crippen LogP contribution is -2.10. The molecule has 106 valence electrons. The van der Waals surface area contributed by atoms with E-state index < -0.39 is 0 Å². The minimum absolute atomic E-state index is 0.120. The van der Waals surface area contributed by atoms with Crippen molar-refractivity contribution in [2.75, 3.05) is 19.8 Å². The van der Waals surface area contributed by atoms with E-state index in [1.165, 1.54) is 17.3 Å². The highest BCUT2D eigenvalue weighted by atomic mass is 32.2. The van der Waals surface area contributed by atoms with E-state index in [0.29, 0.717) is 10.9 Å². The third-order valence-corrected chi connectivity index (χ3v) is 3.59. The molecule has 0 spiro atoms. The van der Waals surface area contributed by atoms with Gasteiger partial charge in [-0.05, 0) is 26.6 Å². The Kier molecular flexibility index (Phi) is 4.92. The zero-order chi connectivity index (χ0) is 14.5. The van der Waals surface area contributed by atoms with Crippen LogP contribution in [0.15, 0.2) is 29.4 Å². The molecule has 5 nitrogen and oxygen atoms in total. The Hall–Kier alpha value is -1.66. The van der Waals surface area contributed by atoms with Crippen LogP contribution in [-0.2, 0) is 11.3 Å². The first kappa shape index (κ1) is 14.7. The van der Waals surface area contributed by atoms with Crippen LogP contribution in [0.3, 0.4) is 0 Å². The molecule has 1 heterocycles. The lowest BCUT2D eigenvalue weighted by atomic mass is 10.1. The Balaban J connectivity index is 2.06. The quantitative estimate of drug-likeness (QED) is 0.827. The van der Waals surface area contributed by atoms with Crippen molar-refractivity contribution in [2.24, 2.45) is 0 Å². The molecule has 1 aromatic heterocycles. The number of nitrogens with one attached hydrogen (secondary N) is 1. The van der Waals surface area contributed by atoms with Crippen LogP contribution in [0.5, 0.6) is 0 Å². The SMILES string of the molecule is CC(=O)CSc1n[nH]c(-c2ccc(CN(C)C)cc2)n1. The van der Waals surface area contributed by atoms with E-state index in [2.05, 4.69) is 32.2 Å². The number of aromatic amines is 1. The van der Waals surface area contributed by atoms with E-state index in [9.17, 15) is 4.79 Å². The summed E-state index contributed by atoms with van der Waals surface area (Å²) in [5.74, 6) is 1.25. The summed E-state index contributed by atoms with van der Waals surface area (Å²) in [5.41, 5.74) is 2.25. The number of rotatable bonds is 6. The topological polar surface area (TPSA) is 61.9 Å². The lowest BCUT2D eigenvalue weighted by molar-refractivity contribution is -0.114. The van der Waals surface area contributed by atoms with Crippen molar-refractivity contribution >= 4 is 17.5 Å². The molecule has 6 heteroatoms. The molecule has 0 aliphatic heterocycles. The van der Waals surface area contributed by atoms with Gasteiger partial charge in [0.2, 0.25) is 5.16 Å². The van der Waals surface area contributed by atoms with Gasteiger partial charge in [-0.15, -0.1) is 5.10 Å². The number of ketones is 1. The lowest BCUT2D eigenvalue weighted by Gasteiger charge is -2.09. The van der Waals surface area contributed by atoms with Crippen LogP contribution in [0.25, 0.3) is 11.4 Å². The van der Waals surface area contributed by atoms with Crippen LogP contribution in [0, 0.1) is 0 Å². The number of hydrogen-bond acceptors (Lipinski definition) is 5. The van der Waals surface area contributed by atoms with Crippen LogP contribution in [0.2, 0.25) is 0 Å². The molecule has 0 fully saturated rings. The number of thioether (sulfide) groups is 1. The van der Waals surface area contributed by atoms with E-state index in [1.807, 2.05) is 26.2 Å². The van der Waals surface area contributed by atoms with Gasteiger partial charge in [0.05, 0.1) is 5.75 Å². The number of carbonyl (C=O) groups excluding carboxylic acids is 1. The van der Waals surface area contributed by atoms with Crippen LogP contribution in [0.1, 0.15) is 12.5 Å². The summed E-state index contributed by atoms with van der Waals surface area (Å²) in [6, 6.07) is 8.22. The first-order valence-corrected chi connectivity index (χ1v) is 7.32. The molecule has 0 bridgehead atoms. The van der Waals surface area contributed by atoms with Crippen molar-refractivity contribution in [3.05, 3.63) is 29.8 Å². The van der Waals surface area contributed by atoms with Crippen molar-refractivity contribution in [3.8, 4) is 11.4 Å². The fourth-order valence-electron chi connectivity index (χ4n) is 1.74. The van der Waals surface area contributed by atoms with Gasteiger partial charge >= 0.3 is 0 Å². The highest BCUT2D eigenvalue weighted by Gasteiger charge is 2.07. The number of Topliss-reactive ketones (excluding diaryl/α,β-unsaturated/α-hetero) is 1. The molecule has 0 saturated carbocycles. The van der Waals surface area contributed by atoms with Crippen LogP contribution >= 0.6 is 11.8 Å². The number of hydrogen-bond donors (Lipinski definition) is 1. The zero-order valence-corrected chi connectivity index (χ0v) is 12.7. The second kappa shape index (κ2) is 6.67. The van der Waals surface area contributed by atoms with Gasteiger partial charge in [0.25, 0.3) is 0 Å². The van der Waals surface area contributed by atoms with Gasteiger partial charge in [-0.25, -0.2) is 4.98 Å². The summed E-state index contributed by atoms with van der Waals surface area (Å²) in [6.45, 7) is 2.47. The van der Waals surface area contributed by atoms with Gasteiger partial charge in [-0.1, -0.05) is 36.0 Å². The van der Waals surface area contributed by atoms with Crippen molar-refractivity contribution in [3.63, 3.8) is 0 Å². The highest BCUT2D eigenvalue weighted by molar-refractivity contribution is 7.99. The van der Waals surface area contributed by atoms with Crippen molar-refractivity contribution < 1.29 is 4.79 Å². The average molecular weight is 290 g/mol. The summed E-state index contributed by atoms with van der Waals surface area (Å²) in [4.78, 5) is 17.4. The monoisotopic (exact) mass is 290 g/mol. The summed E-state index contributed by atoms with van der Waals surface area (Å²) >= 11 is 1.35. The summed E-state index contributed by atoms with van der Waals surface area (Å²) < 4.78 is 0. The molecule has 0 radical (unpaired) electrons. The van der Waals surface area contributed by atoms with Crippen LogP contribution in [-0.4, -0.2) is 45.7 Å². The number of benzene rings is 1. The maximum absolute atomic E-state index is 10.9. The highest BCUT2D eigenvalue weighted by Crippen LogP contribution is 2.19. The Labute approximate surface area is 122 Å². The summed E-state index contributed by atoms with van der Waals surface area (Å²) in [6.07, 6.45) is 0. The molecule has 1 aromatic carbocycles. The number of H-pyrrole nitrogens is 1. The van der Waals surface area contributed by atoms with Gasteiger partial charge in [-0.3, -0.25) is 9.89 Å². The molecule has 0 aliphatic carbocycles. The Bertz CT molecular complexity index is 577. The van der Waals surface area contributed by atoms with E-state index in [0.717, 1.165) is 17.9 Å². The van der Waals surface area contributed by atoms with Crippen LogP contribution < -0.4 is 0 Å². The van der Waals surface area contributed by atoms with E-state index in [4.69, 9.17) is 0 Å². The second-order valence-corrected chi connectivity index (χ2v) is 5.83. The first-order chi connectivity index (χ1) is 9.54. The fourth-order valence-corrected chi connectivity index (χ4v) is 2.34. The molecule has 20 heavy (non-hydrogen) atoms. The molecule has 0 amide bonds. The molecule has 2 rings (SSSR count). The molecular weight excluding hydrogens is 272 g/mol. The van der Waals surface area contributed by atoms with Crippen molar-refractivity contribution in [1.29, 1.82) is 0 Å². The predicted molar refractivity (Wildman–Crippen MR) is 80.6 cm³/mol. The zero-order valence-electron chi connectivity index (χ0n) is 11.9. The van der Waals surface area contributed by atoms with Gasteiger partial charge in [0.1, 0.15) is 5.78 Å². The standard InChI is InChI=1S/C14H18N4OS/c1-10(19)9-20-14-15-13(16-17-14)12-6-4-11(5-7-12)8-18(2)3/h4-7H,8-9H2,1-3H3,(H,15,16,17). The molecule has 0 unspecified atom stereocenters. The Morgan fingerprint density at radius 2 is 2.00 bits per heavy atom. The van der Waals surface area contributed by atoms with Gasteiger partial charge in [-0.2, -0.15) is 0 Å². The fraction of sp³-hybridized carbons (Fsp3) is 0.357. The largest absolute Gasteiger partial charge is 0.305 e. The molecule has 0 aliphatic rings. The third-order valence-electron chi connectivity index (χ3n) is 2.60. The number of carbonyl (C=O) groups is 1. The van der Waals surface area contributed by atoms with Gasteiger partial charge in [0.15, 0.2) is 5.82 Å². The average Bonchev–Trinajstić information content (AvgIpc) is 2.85. The van der Waals surface area contributed by atoms with Crippen molar-refractivity contribution in [2.45, 2.75) is 18.6 Å². The smallest absolute Gasteiger partial charge is 0.209 e.